The van der Waals surface area contributed by atoms with Crippen LogP contribution in [0.2, 0.25) is 0 Å². The summed E-state index contributed by atoms with van der Waals surface area (Å²) in [5, 5.41) is 0. The van der Waals surface area contributed by atoms with Gasteiger partial charge in [0.25, 0.3) is 0 Å². The number of hydrogen-bond acceptors (Lipinski definition) is 7. The number of esters is 1. The average molecular weight is 384 g/mol. The molecular weight excluding hydrogens is 356 g/mol. The van der Waals surface area contributed by atoms with E-state index >= 15 is 0 Å². The van der Waals surface area contributed by atoms with Gasteiger partial charge in [-0.05, 0) is 30.4 Å². The zero-order valence-electron chi connectivity index (χ0n) is 16.0. The maximum atomic E-state index is 11.6. The fraction of sp³-hybridized carbons (Fsp3) is 0.632. The number of ether oxygens (including phenoxy) is 5. The maximum absolute atomic E-state index is 11.6. The maximum Gasteiger partial charge on any atom is 0.303 e. The zero-order valence-corrected chi connectivity index (χ0v) is 16.8. The summed E-state index contributed by atoms with van der Waals surface area (Å²) >= 11 is 1.66. The van der Waals surface area contributed by atoms with Gasteiger partial charge in [0.2, 0.25) is 0 Å². The van der Waals surface area contributed by atoms with E-state index in [0.29, 0.717) is 6.61 Å². The molecule has 5 atom stereocenters. The number of hydrogen-bond donors (Lipinski definition) is 0. The third-order valence-corrected chi connectivity index (χ3v) is 5.28. The smallest absolute Gasteiger partial charge is 0.303 e. The highest BCUT2D eigenvalue weighted by atomic mass is 32.2. The Morgan fingerprint density at radius 3 is 2.38 bits per heavy atom. The number of carbonyl (C=O) groups is 1. The molecule has 0 bridgehead atoms. The van der Waals surface area contributed by atoms with Crippen LogP contribution in [0.4, 0.5) is 0 Å². The molecule has 1 heterocycles. The van der Waals surface area contributed by atoms with Gasteiger partial charge in [-0.25, -0.2) is 0 Å². The lowest BCUT2D eigenvalue weighted by atomic mass is 10.00. The van der Waals surface area contributed by atoms with E-state index in [1.165, 1.54) is 6.92 Å². The fourth-order valence-corrected chi connectivity index (χ4v) is 4.02. The summed E-state index contributed by atoms with van der Waals surface area (Å²) < 4.78 is 28.5. The summed E-state index contributed by atoms with van der Waals surface area (Å²) in [5.41, 5.74) is 0.828. The van der Waals surface area contributed by atoms with Crippen LogP contribution in [0, 0.1) is 0 Å². The van der Waals surface area contributed by atoms with E-state index in [-0.39, 0.29) is 23.6 Å². The van der Waals surface area contributed by atoms with Gasteiger partial charge in [-0.1, -0.05) is 19.1 Å². The molecule has 1 aromatic rings. The highest BCUT2D eigenvalue weighted by Gasteiger charge is 2.47. The van der Waals surface area contributed by atoms with Gasteiger partial charge in [-0.15, -0.1) is 11.8 Å². The summed E-state index contributed by atoms with van der Waals surface area (Å²) in [6.07, 6.45) is -1.56. The van der Waals surface area contributed by atoms with Crippen LogP contribution in [0.25, 0.3) is 0 Å². The molecule has 0 unspecified atom stereocenters. The lowest BCUT2D eigenvalue weighted by Gasteiger charge is -2.44. The molecule has 0 amide bonds. The van der Waals surface area contributed by atoms with Crippen LogP contribution < -0.4 is 4.74 Å². The van der Waals surface area contributed by atoms with Crippen molar-refractivity contribution in [2.45, 2.75) is 57.2 Å². The lowest BCUT2D eigenvalue weighted by molar-refractivity contribution is -0.230. The number of thioether (sulfide) groups is 1. The van der Waals surface area contributed by atoms with Gasteiger partial charge in [-0.3, -0.25) is 4.79 Å². The van der Waals surface area contributed by atoms with Crippen LogP contribution in [-0.4, -0.2) is 55.8 Å². The second kappa shape index (κ2) is 10.2. The minimum atomic E-state index is -0.524. The van der Waals surface area contributed by atoms with E-state index in [2.05, 4.69) is 6.92 Å². The van der Waals surface area contributed by atoms with Crippen molar-refractivity contribution < 1.29 is 28.5 Å². The van der Waals surface area contributed by atoms with E-state index in [0.717, 1.165) is 17.1 Å². The van der Waals surface area contributed by atoms with Crippen molar-refractivity contribution in [3.63, 3.8) is 0 Å². The number of benzene rings is 1. The van der Waals surface area contributed by atoms with Gasteiger partial charge in [-0.2, -0.15) is 0 Å². The standard InChI is InChI=1S/C19H28O6S/c1-6-26-19-18(22-5)17(16(12(2)24-19)25-13(3)20)23-11-14-7-9-15(21-4)10-8-14/h7-10,12,16-19H,6,11H2,1-5H3/t12-,16+,17+,18-,19+/m0/s1. The van der Waals surface area contributed by atoms with Crippen LogP contribution >= 0.6 is 11.8 Å². The first kappa shape index (κ1) is 21.0. The molecule has 146 valence electrons. The van der Waals surface area contributed by atoms with Crippen LogP contribution in [0.1, 0.15) is 26.3 Å². The second-order valence-electron chi connectivity index (χ2n) is 6.06. The fourth-order valence-electron chi connectivity index (χ4n) is 2.98. The number of methoxy groups -OCH3 is 2. The van der Waals surface area contributed by atoms with Gasteiger partial charge >= 0.3 is 5.97 Å². The third kappa shape index (κ3) is 5.36. The highest BCUT2D eigenvalue weighted by Crippen LogP contribution is 2.33. The topological polar surface area (TPSA) is 63.2 Å². The summed E-state index contributed by atoms with van der Waals surface area (Å²) in [5.74, 6) is 1.32. The van der Waals surface area contributed by atoms with Crippen molar-refractivity contribution in [1.82, 2.24) is 0 Å². The molecule has 0 spiro atoms. The van der Waals surface area contributed by atoms with E-state index in [9.17, 15) is 4.79 Å². The normalized spacial score (nSPS) is 28.6. The molecule has 1 saturated heterocycles. The molecular formula is C19H28O6S. The quantitative estimate of drug-likeness (QED) is 0.638. The summed E-state index contributed by atoms with van der Waals surface area (Å²) in [4.78, 5) is 11.6. The van der Waals surface area contributed by atoms with E-state index < -0.39 is 12.2 Å². The minimum Gasteiger partial charge on any atom is -0.497 e. The van der Waals surface area contributed by atoms with E-state index in [1.807, 2.05) is 31.2 Å². The Hall–Kier alpha value is -1.28. The molecule has 0 N–H and O–H groups in total. The Bertz CT molecular complexity index is 564. The van der Waals surface area contributed by atoms with Crippen molar-refractivity contribution >= 4 is 17.7 Å². The molecule has 1 aliphatic rings. The molecule has 1 fully saturated rings. The van der Waals surface area contributed by atoms with Gasteiger partial charge in [0.15, 0.2) is 6.10 Å². The van der Waals surface area contributed by atoms with E-state index in [4.69, 9.17) is 23.7 Å². The van der Waals surface area contributed by atoms with Crippen molar-refractivity contribution in [1.29, 1.82) is 0 Å². The largest absolute Gasteiger partial charge is 0.497 e. The molecule has 0 radical (unpaired) electrons. The monoisotopic (exact) mass is 384 g/mol. The predicted octanol–water partition coefficient (Wildman–Crippen LogP) is 3.03. The van der Waals surface area contributed by atoms with Crippen LogP contribution in [0.5, 0.6) is 5.75 Å². The Morgan fingerprint density at radius 2 is 1.85 bits per heavy atom. The van der Waals surface area contributed by atoms with Crippen LogP contribution in [0.3, 0.4) is 0 Å². The Morgan fingerprint density at radius 1 is 1.15 bits per heavy atom. The molecule has 0 saturated carbocycles. The summed E-state index contributed by atoms with van der Waals surface area (Å²) in [6.45, 7) is 5.73. The summed E-state index contributed by atoms with van der Waals surface area (Å²) in [7, 11) is 3.26. The molecule has 0 aromatic heterocycles. The lowest BCUT2D eigenvalue weighted by Crippen LogP contribution is -2.58. The average Bonchev–Trinajstić information content (AvgIpc) is 2.62. The first-order valence-electron chi connectivity index (χ1n) is 8.71. The van der Waals surface area contributed by atoms with Gasteiger partial charge < -0.3 is 23.7 Å². The first-order valence-corrected chi connectivity index (χ1v) is 9.76. The Labute approximate surface area is 159 Å². The Balaban J connectivity index is 2.15. The minimum absolute atomic E-state index is 0.173. The van der Waals surface area contributed by atoms with Gasteiger partial charge in [0.05, 0.1) is 19.8 Å². The van der Waals surface area contributed by atoms with Crippen molar-refractivity contribution in [2.24, 2.45) is 0 Å². The molecule has 26 heavy (non-hydrogen) atoms. The molecule has 1 aliphatic heterocycles. The number of carbonyl (C=O) groups excluding carboxylic acids is 1. The Kier molecular flexibility index (Phi) is 8.21. The van der Waals surface area contributed by atoms with Crippen LogP contribution in [0.15, 0.2) is 24.3 Å². The van der Waals surface area contributed by atoms with Crippen molar-refractivity contribution in [2.75, 3.05) is 20.0 Å². The van der Waals surface area contributed by atoms with Crippen LogP contribution in [-0.2, 0) is 30.3 Å². The summed E-state index contributed by atoms with van der Waals surface area (Å²) in [6, 6.07) is 7.67. The van der Waals surface area contributed by atoms with E-state index in [1.54, 1.807) is 26.0 Å². The molecule has 1 aromatic carbocycles. The molecule has 7 heteroatoms. The third-order valence-electron chi connectivity index (χ3n) is 4.23. The van der Waals surface area contributed by atoms with Crippen molar-refractivity contribution in [3.8, 4) is 5.75 Å². The predicted molar refractivity (Wildman–Crippen MR) is 100 cm³/mol. The first-order chi connectivity index (χ1) is 12.5. The number of rotatable bonds is 8. The molecule has 0 aliphatic carbocycles. The molecule has 2 rings (SSSR count). The highest BCUT2D eigenvalue weighted by molar-refractivity contribution is 7.99. The van der Waals surface area contributed by atoms with Crippen molar-refractivity contribution in [3.05, 3.63) is 29.8 Å². The van der Waals surface area contributed by atoms with Gasteiger partial charge in [0.1, 0.15) is 23.4 Å². The zero-order chi connectivity index (χ0) is 19.1. The second-order valence-corrected chi connectivity index (χ2v) is 7.44. The van der Waals surface area contributed by atoms with Gasteiger partial charge in [0, 0.05) is 14.0 Å². The SMILES string of the molecule is CCS[C@H]1O[C@@H](C)[C@@H](OC(C)=O)[C@@H](OCc2ccc(OC)cc2)[C@@H]1OC. The molecule has 6 nitrogen and oxygen atoms in total.